The number of nitrogens with one attached hydrogen (secondary N) is 1. The average Bonchev–Trinajstić information content (AvgIpc) is 3.00. The van der Waals surface area contributed by atoms with Gasteiger partial charge in [-0.05, 0) is 57.6 Å². The standard InChI is InChI=1S/C16H26N2O2/c1-19-15-7-2-3-8-16(15)20-14-10-17-9-6-13-18-11-4-5-12-18/h2-3,7-8,17H,4-6,9-14H2,1H3. The van der Waals surface area contributed by atoms with E-state index < -0.39 is 0 Å². The zero-order valence-corrected chi connectivity index (χ0v) is 12.4. The predicted molar refractivity (Wildman–Crippen MR) is 81.6 cm³/mol. The van der Waals surface area contributed by atoms with Crippen LogP contribution in [0.2, 0.25) is 0 Å². The molecule has 2 rings (SSSR count). The Balaban J connectivity index is 1.50. The van der Waals surface area contributed by atoms with E-state index in [0.29, 0.717) is 6.61 Å². The van der Waals surface area contributed by atoms with E-state index in [1.54, 1.807) is 7.11 Å². The SMILES string of the molecule is COc1ccccc1OCCNCCCN1CCCC1. The normalized spacial score (nSPS) is 15.4. The fourth-order valence-electron chi connectivity index (χ4n) is 2.53. The molecule has 0 unspecified atom stereocenters. The second-order valence-electron chi connectivity index (χ2n) is 5.15. The number of para-hydroxylation sites is 2. The molecule has 1 aromatic rings. The number of hydrogen-bond donors (Lipinski definition) is 1. The number of hydrogen-bond acceptors (Lipinski definition) is 4. The quantitative estimate of drug-likeness (QED) is 0.702. The van der Waals surface area contributed by atoms with Crippen molar-refractivity contribution in [1.29, 1.82) is 0 Å². The molecule has 1 aliphatic heterocycles. The summed E-state index contributed by atoms with van der Waals surface area (Å²) in [6.07, 6.45) is 3.97. The monoisotopic (exact) mass is 278 g/mol. The minimum absolute atomic E-state index is 0.671. The third-order valence-electron chi connectivity index (χ3n) is 3.63. The summed E-state index contributed by atoms with van der Waals surface area (Å²) in [4.78, 5) is 2.55. The first-order valence-corrected chi connectivity index (χ1v) is 7.59. The lowest BCUT2D eigenvalue weighted by Gasteiger charge is -2.14. The first kappa shape index (κ1) is 15.1. The molecule has 0 radical (unpaired) electrons. The van der Waals surface area contributed by atoms with Gasteiger partial charge in [0, 0.05) is 6.54 Å². The van der Waals surface area contributed by atoms with Crippen LogP contribution in [0.1, 0.15) is 19.3 Å². The van der Waals surface area contributed by atoms with Crippen LogP contribution < -0.4 is 14.8 Å². The topological polar surface area (TPSA) is 33.7 Å². The lowest BCUT2D eigenvalue weighted by atomic mass is 10.3. The second kappa shape index (κ2) is 8.82. The highest BCUT2D eigenvalue weighted by atomic mass is 16.5. The number of ether oxygens (including phenoxy) is 2. The Morgan fingerprint density at radius 3 is 2.60 bits per heavy atom. The van der Waals surface area contributed by atoms with E-state index in [1.165, 1.54) is 38.9 Å². The van der Waals surface area contributed by atoms with E-state index in [0.717, 1.165) is 24.6 Å². The molecule has 20 heavy (non-hydrogen) atoms. The summed E-state index contributed by atoms with van der Waals surface area (Å²) < 4.78 is 11.0. The van der Waals surface area contributed by atoms with Crippen molar-refractivity contribution in [1.82, 2.24) is 10.2 Å². The smallest absolute Gasteiger partial charge is 0.161 e. The van der Waals surface area contributed by atoms with Crippen molar-refractivity contribution in [3.05, 3.63) is 24.3 Å². The molecule has 1 fully saturated rings. The highest BCUT2D eigenvalue weighted by Crippen LogP contribution is 2.25. The Bertz CT molecular complexity index is 378. The molecule has 112 valence electrons. The van der Waals surface area contributed by atoms with Crippen molar-refractivity contribution >= 4 is 0 Å². The Morgan fingerprint density at radius 2 is 1.85 bits per heavy atom. The van der Waals surface area contributed by atoms with Gasteiger partial charge in [0.25, 0.3) is 0 Å². The largest absolute Gasteiger partial charge is 0.493 e. The van der Waals surface area contributed by atoms with Gasteiger partial charge in [0.05, 0.1) is 7.11 Å². The van der Waals surface area contributed by atoms with Crippen LogP contribution in [0, 0.1) is 0 Å². The van der Waals surface area contributed by atoms with Crippen LogP contribution in [0.15, 0.2) is 24.3 Å². The number of nitrogens with zero attached hydrogens (tertiary/aromatic N) is 1. The third-order valence-corrected chi connectivity index (χ3v) is 3.63. The first-order valence-electron chi connectivity index (χ1n) is 7.59. The summed E-state index contributed by atoms with van der Waals surface area (Å²) in [6, 6.07) is 7.76. The highest BCUT2D eigenvalue weighted by Gasteiger charge is 2.09. The van der Waals surface area contributed by atoms with E-state index in [2.05, 4.69) is 10.2 Å². The maximum absolute atomic E-state index is 5.71. The van der Waals surface area contributed by atoms with Gasteiger partial charge in [-0.15, -0.1) is 0 Å². The molecule has 4 heteroatoms. The Morgan fingerprint density at radius 1 is 1.10 bits per heavy atom. The molecule has 4 nitrogen and oxygen atoms in total. The lowest BCUT2D eigenvalue weighted by molar-refractivity contribution is 0.288. The Hall–Kier alpha value is -1.26. The van der Waals surface area contributed by atoms with Crippen LogP contribution in [0.25, 0.3) is 0 Å². The molecule has 1 aromatic carbocycles. The van der Waals surface area contributed by atoms with Gasteiger partial charge in [-0.2, -0.15) is 0 Å². The van der Waals surface area contributed by atoms with Crippen molar-refractivity contribution in [2.24, 2.45) is 0 Å². The first-order chi connectivity index (χ1) is 9.90. The summed E-state index contributed by atoms with van der Waals surface area (Å²) in [6.45, 7) is 6.40. The third kappa shape index (κ3) is 5.02. The van der Waals surface area contributed by atoms with Crippen molar-refractivity contribution in [3.8, 4) is 11.5 Å². The molecule has 0 amide bonds. The van der Waals surface area contributed by atoms with Gasteiger partial charge in [-0.3, -0.25) is 0 Å². The van der Waals surface area contributed by atoms with Crippen molar-refractivity contribution in [2.75, 3.05) is 46.4 Å². The number of methoxy groups -OCH3 is 1. The summed E-state index contributed by atoms with van der Waals surface area (Å²) in [7, 11) is 1.67. The van der Waals surface area contributed by atoms with Crippen LogP contribution in [0.5, 0.6) is 11.5 Å². The zero-order chi connectivity index (χ0) is 14.0. The molecule has 0 atom stereocenters. The van der Waals surface area contributed by atoms with Crippen LogP contribution in [-0.2, 0) is 0 Å². The zero-order valence-electron chi connectivity index (χ0n) is 12.4. The predicted octanol–water partition coefficient (Wildman–Crippen LogP) is 2.15. The van der Waals surface area contributed by atoms with E-state index in [4.69, 9.17) is 9.47 Å². The second-order valence-corrected chi connectivity index (χ2v) is 5.15. The average molecular weight is 278 g/mol. The lowest BCUT2D eigenvalue weighted by Crippen LogP contribution is -2.27. The molecule has 0 bridgehead atoms. The maximum atomic E-state index is 5.71. The molecular weight excluding hydrogens is 252 g/mol. The van der Waals surface area contributed by atoms with Gasteiger partial charge >= 0.3 is 0 Å². The number of rotatable bonds is 9. The molecule has 0 aliphatic carbocycles. The van der Waals surface area contributed by atoms with Gasteiger partial charge in [0.1, 0.15) is 6.61 Å². The Kier molecular flexibility index (Phi) is 6.68. The van der Waals surface area contributed by atoms with E-state index in [-0.39, 0.29) is 0 Å². The molecule has 1 saturated heterocycles. The van der Waals surface area contributed by atoms with Crippen LogP contribution in [0.3, 0.4) is 0 Å². The molecule has 1 aliphatic rings. The van der Waals surface area contributed by atoms with E-state index >= 15 is 0 Å². The molecular formula is C16H26N2O2. The molecule has 0 aromatic heterocycles. The Labute approximate surface area is 122 Å². The van der Waals surface area contributed by atoms with Gasteiger partial charge in [-0.1, -0.05) is 12.1 Å². The van der Waals surface area contributed by atoms with E-state index in [9.17, 15) is 0 Å². The number of likely N-dealkylation sites (tertiary alicyclic amines) is 1. The van der Waals surface area contributed by atoms with Crippen LogP contribution >= 0.6 is 0 Å². The summed E-state index contributed by atoms with van der Waals surface area (Å²) in [5.74, 6) is 1.61. The summed E-state index contributed by atoms with van der Waals surface area (Å²) >= 11 is 0. The minimum Gasteiger partial charge on any atom is -0.493 e. The fraction of sp³-hybridized carbons (Fsp3) is 0.625. The van der Waals surface area contributed by atoms with Gasteiger partial charge in [-0.25, -0.2) is 0 Å². The van der Waals surface area contributed by atoms with Crippen molar-refractivity contribution < 1.29 is 9.47 Å². The molecule has 1 N–H and O–H groups in total. The van der Waals surface area contributed by atoms with Gasteiger partial charge in [0.2, 0.25) is 0 Å². The number of benzene rings is 1. The van der Waals surface area contributed by atoms with Gasteiger partial charge < -0.3 is 19.7 Å². The molecule has 0 spiro atoms. The summed E-state index contributed by atoms with van der Waals surface area (Å²) in [5, 5.41) is 3.42. The molecule has 1 heterocycles. The van der Waals surface area contributed by atoms with E-state index in [1.807, 2.05) is 24.3 Å². The van der Waals surface area contributed by atoms with Crippen LogP contribution in [-0.4, -0.2) is 51.3 Å². The van der Waals surface area contributed by atoms with Gasteiger partial charge in [0.15, 0.2) is 11.5 Å². The van der Waals surface area contributed by atoms with Crippen molar-refractivity contribution in [3.63, 3.8) is 0 Å². The summed E-state index contributed by atoms with van der Waals surface area (Å²) in [5.41, 5.74) is 0. The van der Waals surface area contributed by atoms with Crippen molar-refractivity contribution in [2.45, 2.75) is 19.3 Å². The maximum Gasteiger partial charge on any atom is 0.161 e. The minimum atomic E-state index is 0.671. The fourth-order valence-corrected chi connectivity index (χ4v) is 2.53. The van der Waals surface area contributed by atoms with Crippen LogP contribution in [0.4, 0.5) is 0 Å². The molecule has 0 saturated carbocycles. The highest BCUT2D eigenvalue weighted by molar-refractivity contribution is 5.39.